The van der Waals surface area contributed by atoms with Crippen molar-refractivity contribution < 1.29 is 14.3 Å². The van der Waals surface area contributed by atoms with Crippen molar-refractivity contribution in [2.45, 2.75) is 91.2 Å². The van der Waals surface area contributed by atoms with Gasteiger partial charge in [-0.15, -0.1) is 0 Å². The van der Waals surface area contributed by atoms with Gasteiger partial charge in [0.25, 0.3) is 0 Å². The summed E-state index contributed by atoms with van der Waals surface area (Å²) < 4.78 is 5.04. The molecule has 118 valence electrons. The van der Waals surface area contributed by atoms with Gasteiger partial charge in [0.05, 0.1) is 6.10 Å². The minimum Gasteiger partial charge on any atom is -0.461 e. The molecule has 20 heavy (non-hydrogen) atoms. The van der Waals surface area contributed by atoms with E-state index in [1.165, 1.54) is 32.1 Å². The SMILES string of the molecule is CCCCCCCCCC(=O)N[C@@H](C)C(=O)OC(C)C. The predicted octanol–water partition coefficient (Wildman–Crippen LogP) is 3.58. The van der Waals surface area contributed by atoms with E-state index in [0.29, 0.717) is 6.42 Å². The van der Waals surface area contributed by atoms with Crippen molar-refractivity contribution in [3.63, 3.8) is 0 Å². The monoisotopic (exact) mass is 285 g/mol. The maximum atomic E-state index is 11.7. The molecule has 4 nitrogen and oxygen atoms in total. The van der Waals surface area contributed by atoms with Gasteiger partial charge in [0.15, 0.2) is 0 Å². The fourth-order valence-corrected chi connectivity index (χ4v) is 1.95. The van der Waals surface area contributed by atoms with Gasteiger partial charge in [0, 0.05) is 6.42 Å². The highest BCUT2D eigenvalue weighted by Crippen LogP contribution is 2.08. The van der Waals surface area contributed by atoms with Crippen LogP contribution in [0.15, 0.2) is 0 Å². The average Bonchev–Trinajstić information content (AvgIpc) is 2.36. The van der Waals surface area contributed by atoms with E-state index in [1.807, 2.05) is 0 Å². The van der Waals surface area contributed by atoms with Crippen molar-refractivity contribution in [2.24, 2.45) is 0 Å². The fourth-order valence-electron chi connectivity index (χ4n) is 1.95. The molecule has 0 radical (unpaired) electrons. The number of amides is 1. The molecule has 4 heteroatoms. The van der Waals surface area contributed by atoms with Crippen molar-refractivity contribution in [1.82, 2.24) is 5.32 Å². The van der Waals surface area contributed by atoms with Crippen LogP contribution in [-0.2, 0) is 14.3 Å². The molecule has 1 atom stereocenters. The molecule has 0 heterocycles. The Morgan fingerprint density at radius 3 is 2.05 bits per heavy atom. The van der Waals surface area contributed by atoms with Gasteiger partial charge in [-0.3, -0.25) is 4.79 Å². The molecule has 0 fully saturated rings. The third kappa shape index (κ3) is 10.8. The minimum absolute atomic E-state index is 0.0632. The number of carbonyl (C=O) groups excluding carboxylic acids is 2. The highest BCUT2D eigenvalue weighted by atomic mass is 16.5. The molecule has 0 saturated heterocycles. The third-order valence-electron chi connectivity index (χ3n) is 3.09. The Kier molecular flexibility index (Phi) is 11.1. The first kappa shape index (κ1) is 18.9. The number of esters is 1. The first-order valence-electron chi connectivity index (χ1n) is 7.97. The number of hydrogen-bond acceptors (Lipinski definition) is 3. The lowest BCUT2D eigenvalue weighted by Gasteiger charge is -2.15. The Labute approximate surface area is 123 Å². The summed E-state index contributed by atoms with van der Waals surface area (Å²) in [5.74, 6) is -0.431. The molecule has 1 N–H and O–H groups in total. The zero-order valence-corrected chi connectivity index (χ0v) is 13.5. The quantitative estimate of drug-likeness (QED) is 0.466. The second kappa shape index (κ2) is 11.7. The molecule has 0 saturated carbocycles. The summed E-state index contributed by atoms with van der Waals surface area (Å²) in [5, 5.41) is 2.68. The Morgan fingerprint density at radius 1 is 0.950 bits per heavy atom. The lowest BCUT2D eigenvalue weighted by molar-refractivity contribution is -0.150. The van der Waals surface area contributed by atoms with E-state index in [1.54, 1.807) is 20.8 Å². The molecule has 0 spiro atoms. The largest absolute Gasteiger partial charge is 0.461 e. The van der Waals surface area contributed by atoms with Crippen LogP contribution in [0.5, 0.6) is 0 Å². The number of rotatable bonds is 11. The molecule has 0 unspecified atom stereocenters. The van der Waals surface area contributed by atoms with Gasteiger partial charge in [-0.1, -0.05) is 45.4 Å². The molecule has 0 bridgehead atoms. The van der Waals surface area contributed by atoms with Gasteiger partial charge in [-0.2, -0.15) is 0 Å². The van der Waals surface area contributed by atoms with Crippen LogP contribution < -0.4 is 5.32 Å². The molecule has 0 aliphatic rings. The van der Waals surface area contributed by atoms with Crippen LogP contribution in [0.1, 0.15) is 79.1 Å². The topological polar surface area (TPSA) is 55.4 Å². The number of nitrogens with one attached hydrogen (secondary N) is 1. The first-order chi connectivity index (χ1) is 9.47. The van der Waals surface area contributed by atoms with E-state index in [0.717, 1.165) is 12.8 Å². The molecule has 0 rings (SSSR count). The van der Waals surface area contributed by atoms with Crippen LogP contribution in [-0.4, -0.2) is 24.0 Å². The zero-order chi connectivity index (χ0) is 15.4. The van der Waals surface area contributed by atoms with Crippen LogP contribution in [0.3, 0.4) is 0 Å². The standard InChI is InChI=1S/C16H31NO3/c1-5-6-7-8-9-10-11-12-15(18)17-14(4)16(19)20-13(2)3/h13-14H,5-12H2,1-4H3,(H,17,18)/t14-/m0/s1. The highest BCUT2D eigenvalue weighted by Gasteiger charge is 2.17. The van der Waals surface area contributed by atoms with Crippen molar-refractivity contribution in [3.05, 3.63) is 0 Å². The summed E-state index contributed by atoms with van der Waals surface area (Å²) in [6.07, 6.45) is 8.62. The maximum Gasteiger partial charge on any atom is 0.328 e. The van der Waals surface area contributed by atoms with Crippen LogP contribution in [0, 0.1) is 0 Å². The van der Waals surface area contributed by atoms with Gasteiger partial charge in [0.1, 0.15) is 6.04 Å². The van der Waals surface area contributed by atoms with Crippen molar-refractivity contribution in [3.8, 4) is 0 Å². The first-order valence-corrected chi connectivity index (χ1v) is 7.97. The number of ether oxygens (including phenoxy) is 1. The van der Waals surface area contributed by atoms with Crippen molar-refractivity contribution >= 4 is 11.9 Å². The average molecular weight is 285 g/mol. The van der Waals surface area contributed by atoms with E-state index in [2.05, 4.69) is 12.2 Å². The van der Waals surface area contributed by atoms with Crippen LogP contribution in [0.4, 0.5) is 0 Å². The summed E-state index contributed by atoms with van der Waals surface area (Å²) in [6.45, 7) is 7.46. The molecule has 0 aliphatic heterocycles. The minimum atomic E-state index is -0.561. The summed E-state index contributed by atoms with van der Waals surface area (Å²) in [4.78, 5) is 23.2. The van der Waals surface area contributed by atoms with Gasteiger partial charge >= 0.3 is 5.97 Å². The van der Waals surface area contributed by atoms with E-state index in [9.17, 15) is 9.59 Å². The van der Waals surface area contributed by atoms with E-state index < -0.39 is 6.04 Å². The second-order valence-corrected chi connectivity index (χ2v) is 5.65. The highest BCUT2D eigenvalue weighted by molar-refractivity contribution is 5.84. The summed E-state index contributed by atoms with van der Waals surface area (Å²) in [5.41, 5.74) is 0. The van der Waals surface area contributed by atoms with Crippen LogP contribution >= 0.6 is 0 Å². The Morgan fingerprint density at radius 2 is 1.50 bits per heavy atom. The summed E-state index contributed by atoms with van der Waals surface area (Å²) >= 11 is 0. The predicted molar refractivity (Wildman–Crippen MR) is 81.4 cm³/mol. The summed E-state index contributed by atoms with van der Waals surface area (Å²) in [6, 6.07) is -0.561. The van der Waals surface area contributed by atoms with Crippen molar-refractivity contribution in [1.29, 1.82) is 0 Å². The number of carbonyl (C=O) groups is 2. The Balaban J connectivity index is 3.60. The normalized spacial score (nSPS) is 12.2. The summed E-state index contributed by atoms with van der Waals surface area (Å²) in [7, 11) is 0. The fraction of sp³-hybridized carbons (Fsp3) is 0.875. The molecular weight excluding hydrogens is 254 g/mol. The second-order valence-electron chi connectivity index (χ2n) is 5.65. The maximum absolute atomic E-state index is 11.7. The van der Waals surface area contributed by atoms with Crippen LogP contribution in [0.2, 0.25) is 0 Å². The van der Waals surface area contributed by atoms with Crippen LogP contribution in [0.25, 0.3) is 0 Å². The molecule has 0 aromatic carbocycles. The number of unbranched alkanes of at least 4 members (excludes halogenated alkanes) is 6. The van der Waals surface area contributed by atoms with Gasteiger partial charge in [-0.05, 0) is 27.2 Å². The molecule has 0 aromatic rings. The van der Waals surface area contributed by atoms with E-state index >= 15 is 0 Å². The molecule has 0 aliphatic carbocycles. The zero-order valence-electron chi connectivity index (χ0n) is 13.5. The molecule has 0 aromatic heterocycles. The molecule has 1 amide bonds. The van der Waals surface area contributed by atoms with E-state index in [-0.39, 0.29) is 18.0 Å². The molecular formula is C16H31NO3. The van der Waals surface area contributed by atoms with Crippen molar-refractivity contribution in [2.75, 3.05) is 0 Å². The Hall–Kier alpha value is -1.06. The smallest absolute Gasteiger partial charge is 0.328 e. The van der Waals surface area contributed by atoms with Gasteiger partial charge in [-0.25, -0.2) is 4.79 Å². The lowest BCUT2D eigenvalue weighted by Crippen LogP contribution is -2.40. The van der Waals surface area contributed by atoms with E-state index in [4.69, 9.17) is 4.74 Å². The van der Waals surface area contributed by atoms with Gasteiger partial charge in [0.2, 0.25) is 5.91 Å². The third-order valence-corrected chi connectivity index (χ3v) is 3.09. The lowest BCUT2D eigenvalue weighted by atomic mass is 10.1. The number of hydrogen-bond donors (Lipinski definition) is 1. The Bertz CT molecular complexity index is 277. The van der Waals surface area contributed by atoms with Gasteiger partial charge < -0.3 is 10.1 Å².